The molecule has 0 atom stereocenters. The second-order valence-electron chi connectivity index (χ2n) is 7.89. The van der Waals surface area contributed by atoms with E-state index in [0.717, 1.165) is 50.7 Å². The topological polar surface area (TPSA) is 113 Å². The Kier molecular flexibility index (Phi) is 8.53. The highest BCUT2D eigenvalue weighted by Crippen LogP contribution is 2.31. The van der Waals surface area contributed by atoms with Gasteiger partial charge >= 0.3 is 6.03 Å². The van der Waals surface area contributed by atoms with Crippen LogP contribution in [0.15, 0.2) is 12.1 Å². The molecule has 0 unspecified atom stereocenters. The zero-order valence-corrected chi connectivity index (χ0v) is 19.4. The number of amides is 3. The van der Waals surface area contributed by atoms with Crippen LogP contribution in [0.1, 0.15) is 27.9 Å². The van der Waals surface area contributed by atoms with Crippen LogP contribution in [-0.4, -0.2) is 72.4 Å². The van der Waals surface area contributed by atoms with Crippen molar-refractivity contribution >= 4 is 28.5 Å². The second-order valence-corrected chi connectivity index (χ2v) is 8.67. The molecule has 1 aromatic carbocycles. The SMILES string of the molecule is Cc1ccc(COc2nsc(NC(=O)NCCCN3CCN(C)CC3)c2C(N)=O)c(F)c1F. The third kappa shape index (κ3) is 6.59. The number of nitrogens with one attached hydrogen (secondary N) is 2. The molecule has 1 saturated heterocycles. The lowest BCUT2D eigenvalue weighted by atomic mass is 10.1. The highest BCUT2D eigenvalue weighted by molar-refractivity contribution is 7.11. The van der Waals surface area contributed by atoms with Crippen molar-refractivity contribution in [2.24, 2.45) is 5.73 Å². The van der Waals surface area contributed by atoms with Crippen molar-refractivity contribution in [1.82, 2.24) is 19.5 Å². The predicted molar refractivity (Wildman–Crippen MR) is 122 cm³/mol. The molecule has 0 radical (unpaired) electrons. The molecule has 12 heteroatoms. The third-order valence-electron chi connectivity index (χ3n) is 5.39. The van der Waals surface area contributed by atoms with Crippen LogP contribution in [0.3, 0.4) is 0 Å². The predicted octanol–water partition coefficient (Wildman–Crippen LogP) is 2.17. The van der Waals surface area contributed by atoms with Crippen LogP contribution >= 0.6 is 11.5 Å². The Labute approximate surface area is 195 Å². The lowest BCUT2D eigenvalue weighted by Crippen LogP contribution is -2.45. The lowest BCUT2D eigenvalue weighted by molar-refractivity contribution is 0.0996. The molecule has 0 aliphatic carbocycles. The molecule has 2 aromatic rings. The molecule has 1 aliphatic heterocycles. The Morgan fingerprint density at radius 2 is 1.94 bits per heavy atom. The molecule has 0 saturated carbocycles. The summed E-state index contributed by atoms with van der Waals surface area (Å²) in [5.74, 6) is -3.01. The fourth-order valence-corrected chi connectivity index (χ4v) is 4.08. The van der Waals surface area contributed by atoms with Gasteiger partial charge in [0.2, 0.25) is 5.88 Å². The van der Waals surface area contributed by atoms with Crippen molar-refractivity contribution in [3.63, 3.8) is 0 Å². The fourth-order valence-electron chi connectivity index (χ4n) is 3.34. The first-order valence-electron chi connectivity index (χ1n) is 10.6. The normalized spacial score (nSPS) is 14.8. The number of urea groups is 1. The van der Waals surface area contributed by atoms with Gasteiger partial charge in [-0.1, -0.05) is 12.1 Å². The molecule has 33 heavy (non-hydrogen) atoms. The molecule has 1 aliphatic rings. The number of piperazine rings is 1. The van der Waals surface area contributed by atoms with Crippen LogP contribution in [-0.2, 0) is 6.61 Å². The van der Waals surface area contributed by atoms with Crippen LogP contribution in [0.5, 0.6) is 5.88 Å². The van der Waals surface area contributed by atoms with Crippen LogP contribution in [0, 0.1) is 18.6 Å². The zero-order valence-electron chi connectivity index (χ0n) is 18.6. The maximum atomic E-state index is 14.1. The highest BCUT2D eigenvalue weighted by Gasteiger charge is 2.23. The number of anilines is 1. The summed E-state index contributed by atoms with van der Waals surface area (Å²) in [6.45, 7) is 6.52. The number of carbonyl (C=O) groups is 2. The zero-order chi connectivity index (χ0) is 24.0. The summed E-state index contributed by atoms with van der Waals surface area (Å²) < 4.78 is 37.2. The van der Waals surface area contributed by atoms with Crippen LogP contribution in [0.4, 0.5) is 18.6 Å². The van der Waals surface area contributed by atoms with E-state index in [9.17, 15) is 18.4 Å². The van der Waals surface area contributed by atoms with Crippen molar-refractivity contribution in [2.75, 3.05) is 51.6 Å². The van der Waals surface area contributed by atoms with E-state index in [1.165, 1.54) is 19.1 Å². The van der Waals surface area contributed by atoms with Crippen molar-refractivity contribution in [1.29, 1.82) is 0 Å². The number of primary amides is 1. The number of ether oxygens (including phenoxy) is 1. The summed E-state index contributed by atoms with van der Waals surface area (Å²) in [5.41, 5.74) is 5.44. The Bertz CT molecular complexity index is 995. The number of carbonyl (C=O) groups excluding carboxylic acids is 2. The Morgan fingerprint density at radius 3 is 2.64 bits per heavy atom. The van der Waals surface area contributed by atoms with E-state index in [1.807, 2.05) is 0 Å². The summed E-state index contributed by atoms with van der Waals surface area (Å²) in [6, 6.07) is 2.31. The number of aryl methyl sites for hydroxylation is 1. The Morgan fingerprint density at radius 1 is 1.21 bits per heavy atom. The van der Waals surface area contributed by atoms with Crippen LogP contribution in [0.2, 0.25) is 0 Å². The van der Waals surface area contributed by atoms with Crippen LogP contribution in [0.25, 0.3) is 0 Å². The van der Waals surface area contributed by atoms with Gasteiger partial charge in [0.05, 0.1) is 0 Å². The summed E-state index contributed by atoms with van der Waals surface area (Å²) in [6.07, 6.45) is 0.787. The maximum Gasteiger partial charge on any atom is 0.319 e. The van der Waals surface area contributed by atoms with Crippen molar-refractivity contribution in [2.45, 2.75) is 20.0 Å². The lowest BCUT2D eigenvalue weighted by Gasteiger charge is -2.32. The molecule has 180 valence electrons. The highest BCUT2D eigenvalue weighted by atomic mass is 32.1. The summed E-state index contributed by atoms with van der Waals surface area (Å²) in [7, 11) is 2.10. The van der Waals surface area contributed by atoms with Crippen LogP contribution < -0.4 is 21.1 Å². The minimum absolute atomic E-state index is 0.0332. The summed E-state index contributed by atoms with van der Waals surface area (Å²) in [5, 5.41) is 5.41. The van der Waals surface area contributed by atoms with E-state index in [2.05, 4.69) is 31.9 Å². The molecule has 0 spiro atoms. The standard InChI is InChI=1S/C21H28F2N6O3S/c1-13-4-5-14(17(23)16(13)22)12-32-19-15(18(24)30)20(33-27-19)26-21(31)25-6-3-7-29-10-8-28(2)9-11-29/h4-5H,3,6-12H2,1-2H3,(H2,24,30)(H2,25,26,31). The number of halogens is 2. The Balaban J connectivity index is 1.52. The number of rotatable bonds is 9. The number of hydrogen-bond donors (Lipinski definition) is 3. The molecule has 2 heterocycles. The second kappa shape index (κ2) is 11.3. The first-order chi connectivity index (χ1) is 15.8. The van der Waals surface area contributed by atoms with Gasteiger partial charge in [-0.05, 0) is 44.0 Å². The smallest absolute Gasteiger partial charge is 0.319 e. The van der Waals surface area contributed by atoms with Crippen molar-refractivity contribution in [3.8, 4) is 5.88 Å². The quantitative estimate of drug-likeness (QED) is 0.472. The van der Waals surface area contributed by atoms with Gasteiger partial charge in [-0.2, -0.15) is 4.37 Å². The van der Waals surface area contributed by atoms with Gasteiger partial charge in [-0.15, -0.1) is 0 Å². The van der Waals surface area contributed by atoms with Gasteiger partial charge in [0.15, 0.2) is 11.6 Å². The first-order valence-corrected chi connectivity index (χ1v) is 11.3. The Hall–Kier alpha value is -2.83. The average molecular weight is 483 g/mol. The molecular weight excluding hydrogens is 454 g/mol. The molecule has 0 bridgehead atoms. The largest absolute Gasteiger partial charge is 0.471 e. The van der Waals surface area contributed by atoms with Gasteiger partial charge < -0.3 is 25.6 Å². The van der Waals surface area contributed by atoms with Gasteiger partial charge in [0.25, 0.3) is 5.91 Å². The van der Waals surface area contributed by atoms with Crippen molar-refractivity contribution < 1.29 is 23.1 Å². The molecule has 3 rings (SSSR count). The number of likely N-dealkylation sites (N-methyl/N-ethyl adjacent to an activating group) is 1. The minimum Gasteiger partial charge on any atom is -0.471 e. The van der Waals surface area contributed by atoms with E-state index in [0.29, 0.717) is 6.54 Å². The van der Waals surface area contributed by atoms with E-state index in [4.69, 9.17) is 10.5 Å². The minimum atomic E-state index is -1.03. The molecule has 9 nitrogen and oxygen atoms in total. The number of nitrogens with zero attached hydrogens (tertiary/aromatic N) is 3. The number of aromatic nitrogens is 1. The summed E-state index contributed by atoms with van der Waals surface area (Å²) >= 11 is 0.811. The molecular formula is C21H28F2N6O3S. The molecule has 4 N–H and O–H groups in total. The van der Waals surface area contributed by atoms with Gasteiger partial charge in [-0.25, -0.2) is 13.6 Å². The van der Waals surface area contributed by atoms with Gasteiger partial charge in [0.1, 0.15) is 17.2 Å². The van der Waals surface area contributed by atoms with E-state index in [-0.39, 0.29) is 34.2 Å². The molecule has 1 aromatic heterocycles. The van der Waals surface area contributed by atoms with E-state index < -0.39 is 23.6 Å². The van der Waals surface area contributed by atoms with Gasteiger partial charge in [0, 0.05) is 38.3 Å². The molecule has 3 amide bonds. The fraction of sp³-hybridized carbons (Fsp3) is 0.476. The van der Waals surface area contributed by atoms with E-state index >= 15 is 0 Å². The van der Waals surface area contributed by atoms with Gasteiger partial charge in [-0.3, -0.25) is 10.1 Å². The third-order valence-corrected chi connectivity index (χ3v) is 6.13. The molecule has 1 fully saturated rings. The number of hydrogen-bond acceptors (Lipinski definition) is 7. The maximum absolute atomic E-state index is 14.1. The van der Waals surface area contributed by atoms with E-state index in [1.54, 1.807) is 0 Å². The monoisotopic (exact) mass is 482 g/mol. The number of nitrogens with two attached hydrogens (primary N) is 1. The average Bonchev–Trinajstić information content (AvgIpc) is 3.18. The summed E-state index contributed by atoms with van der Waals surface area (Å²) in [4.78, 5) is 28.8. The first kappa shape index (κ1) is 24.8. The number of benzene rings is 1. The van der Waals surface area contributed by atoms with Crippen molar-refractivity contribution in [3.05, 3.63) is 40.5 Å².